The Hall–Kier alpha value is -1.58. The molecular weight excluding hydrogens is 164 g/mol. The summed E-state index contributed by atoms with van der Waals surface area (Å²) in [7, 11) is 3.77. The second-order valence-corrected chi connectivity index (χ2v) is 3.13. The van der Waals surface area contributed by atoms with Crippen molar-refractivity contribution in [2.24, 2.45) is 5.73 Å². The van der Waals surface area contributed by atoms with E-state index in [1.807, 2.05) is 32.0 Å². The lowest BCUT2D eigenvalue weighted by Gasteiger charge is -2.16. The highest BCUT2D eigenvalue weighted by Crippen LogP contribution is 2.17. The second-order valence-electron chi connectivity index (χ2n) is 3.13. The number of amidine groups is 1. The maximum atomic E-state index is 7.42. The Morgan fingerprint density at radius 2 is 2.15 bits per heavy atom. The van der Waals surface area contributed by atoms with Gasteiger partial charge in [-0.3, -0.25) is 5.41 Å². The molecule has 1 aromatic heterocycles. The Labute approximate surface area is 77.9 Å². The SMILES string of the molecule is Cc1ccnc(N(C)C)c1C(=N)N. The van der Waals surface area contributed by atoms with Gasteiger partial charge in [0.1, 0.15) is 11.7 Å². The topological polar surface area (TPSA) is 66.0 Å². The molecule has 0 atom stereocenters. The zero-order chi connectivity index (χ0) is 10.0. The van der Waals surface area contributed by atoms with Crippen molar-refractivity contribution in [3.63, 3.8) is 0 Å². The third-order valence-electron chi connectivity index (χ3n) is 1.83. The fraction of sp³-hybridized carbons (Fsp3) is 0.333. The van der Waals surface area contributed by atoms with Crippen LogP contribution in [0, 0.1) is 12.3 Å². The van der Waals surface area contributed by atoms with Crippen LogP contribution in [-0.2, 0) is 0 Å². The Morgan fingerprint density at radius 3 is 2.54 bits per heavy atom. The molecule has 0 aliphatic heterocycles. The zero-order valence-electron chi connectivity index (χ0n) is 8.13. The molecule has 0 unspecified atom stereocenters. The highest BCUT2D eigenvalue weighted by Gasteiger charge is 2.10. The molecule has 0 fully saturated rings. The molecule has 4 heteroatoms. The predicted octanol–water partition coefficient (Wildman–Crippen LogP) is 0.740. The van der Waals surface area contributed by atoms with E-state index in [0.29, 0.717) is 5.56 Å². The molecule has 4 nitrogen and oxygen atoms in total. The average molecular weight is 178 g/mol. The van der Waals surface area contributed by atoms with Crippen LogP contribution in [-0.4, -0.2) is 24.9 Å². The van der Waals surface area contributed by atoms with Gasteiger partial charge in [0.2, 0.25) is 0 Å². The van der Waals surface area contributed by atoms with Crippen molar-refractivity contribution in [2.45, 2.75) is 6.92 Å². The summed E-state index contributed by atoms with van der Waals surface area (Å²) >= 11 is 0. The minimum Gasteiger partial charge on any atom is -0.384 e. The van der Waals surface area contributed by atoms with Gasteiger partial charge in [0, 0.05) is 20.3 Å². The predicted molar refractivity (Wildman–Crippen MR) is 54.3 cm³/mol. The quantitative estimate of drug-likeness (QED) is 0.518. The van der Waals surface area contributed by atoms with Crippen LogP contribution in [0.3, 0.4) is 0 Å². The van der Waals surface area contributed by atoms with Crippen molar-refractivity contribution in [1.82, 2.24) is 4.98 Å². The summed E-state index contributed by atoms with van der Waals surface area (Å²) in [5.74, 6) is 0.807. The van der Waals surface area contributed by atoms with Crippen molar-refractivity contribution in [1.29, 1.82) is 5.41 Å². The van der Waals surface area contributed by atoms with Gasteiger partial charge >= 0.3 is 0 Å². The van der Waals surface area contributed by atoms with Crippen LogP contribution in [0.1, 0.15) is 11.1 Å². The first kappa shape index (κ1) is 9.51. The van der Waals surface area contributed by atoms with Crippen molar-refractivity contribution >= 4 is 11.7 Å². The number of aryl methyl sites for hydroxylation is 1. The van der Waals surface area contributed by atoms with Crippen molar-refractivity contribution in [3.05, 3.63) is 23.4 Å². The third-order valence-corrected chi connectivity index (χ3v) is 1.83. The van der Waals surface area contributed by atoms with Crippen LogP contribution in [0.15, 0.2) is 12.3 Å². The number of nitrogens with two attached hydrogens (primary N) is 1. The fourth-order valence-corrected chi connectivity index (χ4v) is 1.22. The van der Waals surface area contributed by atoms with Crippen molar-refractivity contribution in [2.75, 3.05) is 19.0 Å². The Balaban J connectivity index is 3.34. The lowest BCUT2D eigenvalue weighted by atomic mass is 10.1. The van der Waals surface area contributed by atoms with Gasteiger partial charge in [0.05, 0.1) is 5.56 Å². The normalized spacial score (nSPS) is 9.77. The number of nitrogen functional groups attached to an aromatic ring is 1. The molecule has 0 aromatic carbocycles. The van der Waals surface area contributed by atoms with Gasteiger partial charge in [0.25, 0.3) is 0 Å². The molecule has 1 rings (SSSR count). The van der Waals surface area contributed by atoms with Gasteiger partial charge in [-0.2, -0.15) is 0 Å². The number of pyridine rings is 1. The molecule has 0 bridgehead atoms. The van der Waals surface area contributed by atoms with Gasteiger partial charge < -0.3 is 10.6 Å². The summed E-state index contributed by atoms with van der Waals surface area (Å²) in [5.41, 5.74) is 7.16. The van der Waals surface area contributed by atoms with Crippen molar-refractivity contribution < 1.29 is 0 Å². The highest BCUT2D eigenvalue weighted by atomic mass is 15.1. The minimum atomic E-state index is 0.0642. The largest absolute Gasteiger partial charge is 0.384 e. The standard InChI is InChI=1S/C9H14N4/c1-6-4-5-12-9(13(2)3)7(6)8(10)11/h4-5H,1-3H3,(H3,10,11). The zero-order valence-corrected chi connectivity index (χ0v) is 8.13. The van der Waals surface area contributed by atoms with E-state index in [4.69, 9.17) is 11.1 Å². The molecule has 0 spiro atoms. The van der Waals surface area contributed by atoms with Gasteiger partial charge in [-0.25, -0.2) is 4.98 Å². The van der Waals surface area contributed by atoms with Gasteiger partial charge in [-0.05, 0) is 18.6 Å². The van der Waals surface area contributed by atoms with Crippen LogP contribution < -0.4 is 10.6 Å². The molecule has 13 heavy (non-hydrogen) atoms. The monoisotopic (exact) mass is 178 g/mol. The third kappa shape index (κ3) is 1.77. The molecule has 1 aromatic rings. The Kier molecular flexibility index (Phi) is 2.51. The summed E-state index contributed by atoms with van der Waals surface area (Å²) in [6.07, 6.45) is 1.72. The summed E-state index contributed by atoms with van der Waals surface area (Å²) in [6.45, 7) is 1.92. The van der Waals surface area contributed by atoms with Gasteiger partial charge in [-0.1, -0.05) is 0 Å². The van der Waals surface area contributed by atoms with E-state index in [-0.39, 0.29) is 5.84 Å². The lowest BCUT2D eigenvalue weighted by Crippen LogP contribution is -2.21. The molecule has 0 aliphatic rings. The summed E-state index contributed by atoms with van der Waals surface area (Å²) in [6, 6.07) is 1.85. The van der Waals surface area contributed by atoms with Crippen LogP contribution in [0.4, 0.5) is 5.82 Å². The number of anilines is 1. The van der Waals surface area contributed by atoms with Crippen LogP contribution >= 0.6 is 0 Å². The molecule has 70 valence electrons. The van der Waals surface area contributed by atoms with E-state index in [0.717, 1.165) is 11.4 Å². The van der Waals surface area contributed by atoms with E-state index in [9.17, 15) is 0 Å². The molecule has 1 heterocycles. The van der Waals surface area contributed by atoms with E-state index >= 15 is 0 Å². The number of rotatable bonds is 2. The lowest BCUT2D eigenvalue weighted by molar-refractivity contribution is 1.05. The number of nitrogens with one attached hydrogen (secondary N) is 1. The molecule has 0 saturated carbocycles. The first-order valence-electron chi connectivity index (χ1n) is 4.01. The van der Waals surface area contributed by atoms with Gasteiger partial charge in [0.15, 0.2) is 0 Å². The van der Waals surface area contributed by atoms with E-state index in [1.165, 1.54) is 0 Å². The number of hydrogen-bond acceptors (Lipinski definition) is 3. The summed E-state index contributed by atoms with van der Waals surface area (Å²) in [5, 5.41) is 7.42. The van der Waals surface area contributed by atoms with Crippen LogP contribution in [0.2, 0.25) is 0 Å². The fourth-order valence-electron chi connectivity index (χ4n) is 1.22. The average Bonchev–Trinajstić information content (AvgIpc) is 2.02. The smallest absolute Gasteiger partial charge is 0.139 e. The molecular formula is C9H14N4. The Morgan fingerprint density at radius 1 is 1.54 bits per heavy atom. The Bertz CT molecular complexity index is 330. The van der Waals surface area contributed by atoms with E-state index < -0.39 is 0 Å². The number of aromatic nitrogens is 1. The first-order valence-corrected chi connectivity index (χ1v) is 4.01. The van der Waals surface area contributed by atoms with Crippen LogP contribution in [0.25, 0.3) is 0 Å². The second kappa shape index (κ2) is 3.43. The maximum absolute atomic E-state index is 7.42. The number of hydrogen-bond donors (Lipinski definition) is 2. The molecule has 0 aliphatic carbocycles. The summed E-state index contributed by atoms with van der Waals surface area (Å²) in [4.78, 5) is 6.02. The first-order chi connectivity index (χ1) is 6.04. The summed E-state index contributed by atoms with van der Waals surface area (Å²) < 4.78 is 0. The maximum Gasteiger partial charge on any atom is 0.139 e. The molecule has 0 radical (unpaired) electrons. The number of nitrogens with zero attached hydrogens (tertiary/aromatic N) is 2. The molecule has 3 N–H and O–H groups in total. The molecule has 0 amide bonds. The molecule has 0 saturated heterocycles. The highest BCUT2D eigenvalue weighted by molar-refractivity contribution is 6.00. The van der Waals surface area contributed by atoms with Gasteiger partial charge in [-0.15, -0.1) is 0 Å². The van der Waals surface area contributed by atoms with Crippen molar-refractivity contribution in [3.8, 4) is 0 Å². The minimum absolute atomic E-state index is 0.0642. The van der Waals surface area contributed by atoms with E-state index in [2.05, 4.69) is 4.98 Å². The van der Waals surface area contributed by atoms with Crippen LogP contribution in [0.5, 0.6) is 0 Å². The van der Waals surface area contributed by atoms with E-state index in [1.54, 1.807) is 6.20 Å².